The van der Waals surface area contributed by atoms with Crippen LogP contribution in [0.3, 0.4) is 0 Å². The Morgan fingerprint density at radius 1 is 0.314 bits per heavy atom. The van der Waals surface area contributed by atoms with E-state index in [-0.39, 0.29) is 0 Å². The molecule has 0 saturated heterocycles. The Hall–Kier alpha value is -6.91. The predicted molar refractivity (Wildman–Crippen MR) is 209 cm³/mol. The van der Waals surface area contributed by atoms with E-state index in [1.54, 1.807) is 0 Å². The smallest absolute Gasteiger partial charge is 0.164 e. The topological polar surface area (TPSA) is 51.8 Å². The molecule has 0 N–H and O–H groups in total. The normalized spacial score (nSPS) is 11.5. The molecule has 0 fully saturated rings. The summed E-state index contributed by atoms with van der Waals surface area (Å²) < 4.78 is 6.60. The van der Waals surface area contributed by atoms with Crippen LogP contribution in [0.25, 0.3) is 99.9 Å². The lowest BCUT2D eigenvalue weighted by molar-refractivity contribution is 0.673. The van der Waals surface area contributed by atoms with Gasteiger partial charge in [0.15, 0.2) is 17.5 Å². The molecule has 0 spiro atoms. The second kappa shape index (κ2) is 11.9. The molecule has 0 radical (unpaired) electrons. The van der Waals surface area contributed by atoms with Gasteiger partial charge in [-0.15, -0.1) is 0 Å². The highest BCUT2D eigenvalue weighted by Gasteiger charge is 2.19. The summed E-state index contributed by atoms with van der Waals surface area (Å²) in [5.41, 5.74) is 9.21. The highest BCUT2D eigenvalue weighted by molar-refractivity contribution is 6.19. The molecular formula is C47H29N3O. The first-order chi connectivity index (χ1) is 25.3. The predicted octanol–water partition coefficient (Wildman–Crippen LogP) is 12.4. The van der Waals surface area contributed by atoms with E-state index in [0.717, 1.165) is 60.5 Å². The molecule has 0 amide bonds. The van der Waals surface area contributed by atoms with Crippen molar-refractivity contribution in [2.75, 3.05) is 0 Å². The van der Waals surface area contributed by atoms with E-state index >= 15 is 0 Å². The molecule has 0 saturated carbocycles. The van der Waals surface area contributed by atoms with Gasteiger partial charge in [-0.2, -0.15) is 0 Å². The van der Waals surface area contributed by atoms with Crippen molar-refractivity contribution in [1.82, 2.24) is 15.0 Å². The molecule has 10 rings (SSSR count). The van der Waals surface area contributed by atoms with Crippen molar-refractivity contribution < 1.29 is 4.42 Å². The monoisotopic (exact) mass is 651 g/mol. The summed E-state index contributed by atoms with van der Waals surface area (Å²) in [6.07, 6.45) is 0. The lowest BCUT2D eigenvalue weighted by Gasteiger charge is -2.11. The van der Waals surface area contributed by atoms with E-state index in [0.29, 0.717) is 17.5 Å². The Balaban J connectivity index is 1.14. The zero-order valence-corrected chi connectivity index (χ0v) is 27.5. The van der Waals surface area contributed by atoms with Crippen molar-refractivity contribution >= 4 is 43.5 Å². The Bertz CT molecular complexity index is 2830. The average Bonchev–Trinajstić information content (AvgIpc) is 3.59. The van der Waals surface area contributed by atoms with Crippen LogP contribution in [-0.2, 0) is 0 Å². The van der Waals surface area contributed by atoms with Crippen LogP contribution in [0.15, 0.2) is 180 Å². The number of furan rings is 1. The van der Waals surface area contributed by atoms with Crippen molar-refractivity contribution in [1.29, 1.82) is 0 Å². The van der Waals surface area contributed by atoms with Gasteiger partial charge in [-0.25, -0.2) is 15.0 Å². The largest absolute Gasteiger partial charge is 0.455 e. The van der Waals surface area contributed by atoms with Crippen LogP contribution in [0.5, 0.6) is 0 Å². The molecule has 51 heavy (non-hydrogen) atoms. The van der Waals surface area contributed by atoms with Crippen molar-refractivity contribution in [3.63, 3.8) is 0 Å². The number of rotatable bonds is 5. The number of hydrogen-bond donors (Lipinski definition) is 0. The van der Waals surface area contributed by atoms with Crippen LogP contribution in [0.1, 0.15) is 0 Å². The lowest BCUT2D eigenvalue weighted by atomic mass is 9.95. The number of nitrogens with zero attached hydrogens (tertiary/aromatic N) is 3. The zero-order valence-electron chi connectivity index (χ0n) is 27.5. The second-order valence-electron chi connectivity index (χ2n) is 12.8. The summed E-state index contributed by atoms with van der Waals surface area (Å²) >= 11 is 0. The minimum absolute atomic E-state index is 0.621. The summed E-state index contributed by atoms with van der Waals surface area (Å²) in [6.45, 7) is 0. The van der Waals surface area contributed by atoms with Crippen LogP contribution in [0.2, 0.25) is 0 Å². The molecule has 4 heteroatoms. The van der Waals surface area contributed by atoms with E-state index in [2.05, 4.69) is 115 Å². The molecule has 0 unspecified atom stereocenters. The Labute approximate surface area is 294 Å². The first kappa shape index (κ1) is 29.0. The molecular weight excluding hydrogens is 623 g/mol. The van der Waals surface area contributed by atoms with E-state index in [1.165, 1.54) is 21.9 Å². The molecule has 4 nitrogen and oxygen atoms in total. The Kier molecular flexibility index (Phi) is 6.78. The quantitative estimate of drug-likeness (QED) is 0.186. The van der Waals surface area contributed by atoms with E-state index in [1.807, 2.05) is 60.7 Å². The number of aromatic nitrogens is 3. The van der Waals surface area contributed by atoms with Gasteiger partial charge >= 0.3 is 0 Å². The summed E-state index contributed by atoms with van der Waals surface area (Å²) in [5.74, 6) is 1.89. The molecule has 8 aromatic carbocycles. The molecule has 2 heterocycles. The number of hydrogen-bond acceptors (Lipinski definition) is 4. The molecule has 0 aliphatic heterocycles. The van der Waals surface area contributed by atoms with Crippen LogP contribution in [0.4, 0.5) is 0 Å². The summed E-state index contributed by atoms with van der Waals surface area (Å²) in [7, 11) is 0. The fourth-order valence-electron chi connectivity index (χ4n) is 7.21. The van der Waals surface area contributed by atoms with Gasteiger partial charge in [0.2, 0.25) is 0 Å². The standard InChI is InChI=1S/C47H29N3O/c1-3-13-33(14-4-1)45-48-46(34-15-5-2-6-16-34)50-47(49-45)42-29-41-40-28-35(26-27-43(40)51-44(41)39-20-10-9-19-38(39)42)30-22-24-32(25-23-30)37-21-11-17-31-12-7-8-18-36(31)37/h1-29H. The van der Waals surface area contributed by atoms with Crippen LogP contribution in [-0.4, -0.2) is 15.0 Å². The third-order valence-corrected chi connectivity index (χ3v) is 9.74. The van der Waals surface area contributed by atoms with E-state index in [4.69, 9.17) is 19.4 Å². The molecule has 238 valence electrons. The minimum Gasteiger partial charge on any atom is -0.455 e. The summed E-state index contributed by atoms with van der Waals surface area (Å²) in [5, 5.41) is 6.62. The maximum absolute atomic E-state index is 6.60. The van der Waals surface area contributed by atoms with Gasteiger partial charge in [0, 0.05) is 32.8 Å². The van der Waals surface area contributed by atoms with Gasteiger partial charge in [0.1, 0.15) is 11.2 Å². The van der Waals surface area contributed by atoms with Crippen molar-refractivity contribution in [3.05, 3.63) is 176 Å². The van der Waals surface area contributed by atoms with E-state index in [9.17, 15) is 0 Å². The Morgan fingerprint density at radius 2 is 0.882 bits per heavy atom. The van der Waals surface area contributed by atoms with Gasteiger partial charge in [0.05, 0.1) is 0 Å². The van der Waals surface area contributed by atoms with Crippen molar-refractivity contribution in [2.45, 2.75) is 0 Å². The molecule has 0 aliphatic carbocycles. The molecule has 0 aliphatic rings. The summed E-state index contributed by atoms with van der Waals surface area (Å²) in [6, 6.07) is 61.1. The minimum atomic E-state index is 0.621. The van der Waals surface area contributed by atoms with Gasteiger partial charge in [-0.05, 0) is 56.6 Å². The molecule has 0 bridgehead atoms. The number of benzene rings is 8. The average molecular weight is 652 g/mol. The van der Waals surface area contributed by atoms with Crippen molar-refractivity contribution in [3.8, 4) is 56.4 Å². The number of fused-ring (bicyclic) bond motifs is 6. The van der Waals surface area contributed by atoms with Gasteiger partial charge in [0.25, 0.3) is 0 Å². The second-order valence-corrected chi connectivity index (χ2v) is 12.8. The Morgan fingerprint density at radius 3 is 1.61 bits per heavy atom. The van der Waals surface area contributed by atoms with Crippen LogP contribution < -0.4 is 0 Å². The highest BCUT2D eigenvalue weighted by Crippen LogP contribution is 2.41. The van der Waals surface area contributed by atoms with Crippen molar-refractivity contribution in [2.24, 2.45) is 0 Å². The fraction of sp³-hybridized carbons (Fsp3) is 0. The SMILES string of the molecule is c1ccc(-c2nc(-c3ccccc3)nc(-c3cc4c5cc(-c6ccc(-c7cccc8ccccc78)cc6)ccc5oc4c4ccccc34)n2)cc1. The fourth-order valence-corrected chi connectivity index (χ4v) is 7.21. The zero-order chi connectivity index (χ0) is 33.7. The molecule has 2 aromatic heterocycles. The van der Waals surface area contributed by atoms with Crippen LogP contribution >= 0.6 is 0 Å². The maximum atomic E-state index is 6.60. The van der Waals surface area contributed by atoms with E-state index < -0.39 is 0 Å². The lowest BCUT2D eigenvalue weighted by Crippen LogP contribution is -2.00. The van der Waals surface area contributed by atoms with Crippen LogP contribution in [0, 0.1) is 0 Å². The summed E-state index contributed by atoms with van der Waals surface area (Å²) in [4.78, 5) is 15.1. The highest BCUT2D eigenvalue weighted by atomic mass is 16.3. The molecule has 10 aromatic rings. The first-order valence-corrected chi connectivity index (χ1v) is 17.1. The van der Waals surface area contributed by atoms with Gasteiger partial charge in [-0.1, -0.05) is 158 Å². The van der Waals surface area contributed by atoms with Gasteiger partial charge in [-0.3, -0.25) is 0 Å². The third kappa shape index (κ3) is 5.04. The molecule has 0 atom stereocenters. The first-order valence-electron chi connectivity index (χ1n) is 17.1. The maximum Gasteiger partial charge on any atom is 0.164 e. The van der Waals surface area contributed by atoms with Gasteiger partial charge < -0.3 is 4.42 Å². The third-order valence-electron chi connectivity index (χ3n) is 9.74.